The SMILES string of the molecule is O=C(O)N1CCC(c2cccc(Oc3cccc(CO)c3)c2)CC1. The van der Waals surface area contributed by atoms with E-state index in [1.165, 1.54) is 10.5 Å². The quantitative estimate of drug-likeness (QED) is 0.895. The van der Waals surface area contributed by atoms with Gasteiger partial charge in [-0.25, -0.2) is 4.79 Å². The predicted molar refractivity (Wildman–Crippen MR) is 90.5 cm³/mol. The van der Waals surface area contributed by atoms with Crippen molar-refractivity contribution in [3.63, 3.8) is 0 Å². The molecule has 1 aliphatic rings. The highest BCUT2D eigenvalue weighted by molar-refractivity contribution is 5.65. The van der Waals surface area contributed by atoms with E-state index in [0.29, 0.717) is 24.8 Å². The molecule has 0 radical (unpaired) electrons. The predicted octanol–water partition coefficient (Wildman–Crippen LogP) is 3.83. The van der Waals surface area contributed by atoms with Crippen LogP contribution in [0.5, 0.6) is 11.5 Å². The molecule has 126 valence electrons. The highest BCUT2D eigenvalue weighted by Crippen LogP contribution is 2.31. The Morgan fingerprint density at radius 3 is 2.42 bits per heavy atom. The van der Waals surface area contributed by atoms with Crippen LogP contribution in [0.2, 0.25) is 0 Å². The van der Waals surface area contributed by atoms with Crippen molar-refractivity contribution in [2.75, 3.05) is 13.1 Å². The molecule has 0 spiro atoms. The Labute approximate surface area is 141 Å². The molecule has 1 heterocycles. The summed E-state index contributed by atoms with van der Waals surface area (Å²) in [6.45, 7) is 1.13. The number of hydrogen-bond acceptors (Lipinski definition) is 3. The Hall–Kier alpha value is -2.53. The summed E-state index contributed by atoms with van der Waals surface area (Å²) in [7, 11) is 0. The largest absolute Gasteiger partial charge is 0.465 e. The topological polar surface area (TPSA) is 70.0 Å². The van der Waals surface area contributed by atoms with Crippen molar-refractivity contribution in [2.24, 2.45) is 0 Å². The van der Waals surface area contributed by atoms with Gasteiger partial charge in [0.25, 0.3) is 0 Å². The molecule has 0 saturated carbocycles. The zero-order valence-corrected chi connectivity index (χ0v) is 13.4. The molecule has 0 aliphatic carbocycles. The molecule has 2 aromatic carbocycles. The molecule has 1 aliphatic heterocycles. The van der Waals surface area contributed by atoms with Crippen molar-refractivity contribution in [3.05, 3.63) is 59.7 Å². The van der Waals surface area contributed by atoms with E-state index in [1.54, 1.807) is 0 Å². The summed E-state index contributed by atoms with van der Waals surface area (Å²) in [6.07, 6.45) is 0.820. The maximum absolute atomic E-state index is 11.0. The highest BCUT2D eigenvalue weighted by atomic mass is 16.5. The Kier molecular flexibility index (Phi) is 5.01. The minimum atomic E-state index is -0.839. The summed E-state index contributed by atoms with van der Waals surface area (Å²) in [4.78, 5) is 12.5. The molecular formula is C19H21NO4. The second-order valence-corrected chi connectivity index (χ2v) is 6.02. The fourth-order valence-electron chi connectivity index (χ4n) is 3.08. The third-order valence-electron chi connectivity index (χ3n) is 4.41. The normalized spacial score (nSPS) is 15.3. The van der Waals surface area contributed by atoms with E-state index < -0.39 is 6.09 Å². The average Bonchev–Trinajstić information content (AvgIpc) is 2.62. The Morgan fingerprint density at radius 1 is 1.08 bits per heavy atom. The molecule has 2 aromatic rings. The van der Waals surface area contributed by atoms with Gasteiger partial charge in [-0.15, -0.1) is 0 Å². The summed E-state index contributed by atoms with van der Waals surface area (Å²) < 4.78 is 5.90. The second-order valence-electron chi connectivity index (χ2n) is 6.02. The molecule has 1 saturated heterocycles. The zero-order valence-electron chi connectivity index (χ0n) is 13.4. The van der Waals surface area contributed by atoms with Gasteiger partial charge in [0.2, 0.25) is 0 Å². The van der Waals surface area contributed by atoms with Gasteiger partial charge in [0.1, 0.15) is 11.5 Å². The summed E-state index contributed by atoms with van der Waals surface area (Å²) in [6, 6.07) is 15.3. The van der Waals surface area contributed by atoms with Crippen LogP contribution in [0.25, 0.3) is 0 Å². The third-order valence-corrected chi connectivity index (χ3v) is 4.41. The lowest BCUT2D eigenvalue weighted by atomic mass is 9.89. The van der Waals surface area contributed by atoms with Gasteiger partial charge in [0.15, 0.2) is 0 Å². The molecule has 3 rings (SSSR count). The molecule has 1 amide bonds. The number of amides is 1. The Morgan fingerprint density at radius 2 is 1.75 bits per heavy atom. The number of ether oxygens (including phenoxy) is 1. The molecule has 1 fully saturated rings. The van der Waals surface area contributed by atoms with Gasteiger partial charge in [-0.05, 0) is 54.2 Å². The van der Waals surface area contributed by atoms with Gasteiger partial charge in [0.05, 0.1) is 6.61 Å². The minimum absolute atomic E-state index is 0.0145. The third kappa shape index (κ3) is 3.86. The first kappa shape index (κ1) is 16.3. The van der Waals surface area contributed by atoms with Crippen LogP contribution in [0.4, 0.5) is 4.79 Å². The number of aliphatic hydroxyl groups excluding tert-OH is 1. The molecule has 5 nitrogen and oxygen atoms in total. The molecule has 0 atom stereocenters. The number of likely N-dealkylation sites (tertiary alicyclic amines) is 1. The molecule has 0 aromatic heterocycles. The molecule has 2 N–H and O–H groups in total. The van der Waals surface area contributed by atoms with Gasteiger partial charge in [-0.3, -0.25) is 0 Å². The number of rotatable bonds is 4. The number of hydrogen-bond donors (Lipinski definition) is 2. The van der Waals surface area contributed by atoms with E-state index in [0.717, 1.165) is 24.2 Å². The Bertz CT molecular complexity index is 708. The van der Waals surface area contributed by atoms with Crippen LogP contribution in [-0.4, -0.2) is 34.3 Å². The Balaban J connectivity index is 1.69. The van der Waals surface area contributed by atoms with Gasteiger partial charge in [0, 0.05) is 13.1 Å². The second kappa shape index (κ2) is 7.36. The van der Waals surface area contributed by atoms with Gasteiger partial charge >= 0.3 is 6.09 Å². The van der Waals surface area contributed by atoms with Crippen LogP contribution in [0.1, 0.15) is 29.9 Å². The van der Waals surface area contributed by atoms with Crippen molar-refractivity contribution in [3.8, 4) is 11.5 Å². The van der Waals surface area contributed by atoms with Gasteiger partial charge in [-0.2, -0.15) is 0 Å². The zero-order chi connectivity index (χ0) is 16.9. The van der Waals surface area contributed by atoms with Crippen molar-refractivity contribution in [1.29, 1.82) is 0 Å². The summed E-state index contributed by atoms with van der Waals surface area (Å²) >= 11 is 0. The lowest BCUT2D eigenvalue weighted by Crippen LogP contribution is -2.36. The standard InChI is InChI=1S/C19H21NO4/c21-13-14-3-1-5-17(11-14)24-18-6-2-4-16(12-18)15-7-9-20(10-8-15)19(22)23/h1-6,11-12,15,21H,7-10,13H2,(H,22,23). The van der Waals surface area contributed by atoms with Crippen LogP contribution in [-0.2, 0) is 6.61 Å². The fraction of sp³-hybridized carbons (Fsp3) is 0.316. The van der Waals surface area contributed by atoms with E-state index in [1.807, 2.05) is 42.5 Å². The van der Waals surface area contributed by atoms with Crippen LogP contribution in [0.15, 0.2) is 48.5 Å². The van der Waals surface area contributed by atoms with E-state index in [2.05, 4.69) is 6.07 Å². The van der Waals surface area contributed by atoms with E-state index in [-0.39, 0.29) is 6.61 Å². The minimum Gasteiger partial charge on any atom is -0.465 e. The van der Waals surface area contributed by atoms with E-state index in [9.17, 15) is 9.90 Å². The lowest BCUT2D eigenvalue weighted by molar-refractivity contribution is 0.132. The van der Waals surface area contributed by atoms with Crippen LogP contribution >= 0.6 is 0 Å². The smallest absolute Gasteiger partial charge is 0.407 e. The number of aliphatic hydroxyl groups is 1. The molecule has 0 bridgehead atoms. The maximum Gasteiger partial charge on any atom is 0.407 e. The van der Waals surface area contributed by atoms with Crippen molar-refractivity contribution >= 4 is 6.09 Å². The number of nitrogens with zero attached hydrogens (tertiary/aromatic N) is 1. The van der Waals surface area contributed by atoms with Crippen LogP contribution in [0.3, 0.4) is 0 Å². The van der Waals surface area contributed by atoms with E-state index in [4.69, 9.17) is 9.84 Å². The highest BCUT2D eigenvalue weighted by Gasteiger charge is 2.23. The summed E-state index contributed by atoms with van der Waals surface area (Å²) in [5.74, 6) is 1.80. The monoisotopic (exact) mass is 327 g/mol. The lowest BCUT2D eigenvalue weighted by Gasteiger charge is -2.30. The molecule has 24 heavy (non-hydrogen) atoms. The maximum atomic E-state index is 11.0. The molecule has 0 unspecified atom stereocenters. The molecular weight excluding hydrogens is 306 g/mol. The number of benzene rings is 2. The summed E-state index contributed by atoms with van der Waals surface area (Å²) in [5, 5.41) is 18.2. The first-order valence-corrected chi connectivity index (χ1v) is 8.11. The van der Waals surface area contributed by atoms with E-state index >= 15 is 0 Å². The van der Waals surface area contributed by atoms with Gasteiger partial charge in [-0.1, -0.05) is 24.3 Å². The number of carbonyl (C=O) groups is 1. The molecule has 5 heteroatoms. The van der Waals surface area contributed by atoms with Crippen molar-refractivity contribution < 1.29 is 19.7 Å². The number of piperidine rings is 1. The first-order valence-electron chi connectivity index (χ1n) is 8.11. The first-order chi connectivity index (χ1) is 11.7. The van der Waals surface area contributed by atoms with Crippen LogP contribution in [0, 0.1) is 0 Å². The average molecular weight is 327 g/mol. The van der Waals surface area contributed by atoms with Gasteiger partial charge < -0.3 is 19.8 Å². The fourth-order valence-corrected chi connectivity index (χ4v) is 3.08. The van der Waals surface area contributed by atoms with Crippen LogP contribution < -0.4 is 4.74 Å². The number of carboxylic acid groups (broad SMARTS) is 1. The van der Waals surface area contributed by atoms with Crippen molar-refractivity contribution in [1.82, 2.24) is 4.90 Å². The summed E-state index contributed by atoms with van der Waals surface area (Å²) in [5.41, 5.74) is 1.99. The van der Waals surface area contributed by atoms with Crippen molar-refractivity contribution in [2.45, 2.75) is 25.4 Å².